The van der Waals surface area contributed by atoms with Crippen molar-refractivity contribution in [1.29, 1.82) is 0 Å². The highest BCUT2D eigenvalue weighted by Gasteiger charge is 2.67. The summed E-state index contributed by atoms with van der Waals surface area (Å²) in [6.45, 7) is 0.807. The molecule has 25 heavy (non-hydrogen) atoms. The van der Waals surface area contributed by atoms with Crippen LogP contribution < -0.4 is 0 Å². The van der Waals surface area contributed by atoms with Crippen molar-refractivity contribution in [3.05, 3.63) is 71.3 Å². The van der Waals surface area contributed by atoms with Gasteiger partial charge in [0.1, 0.15) is 0 Å². The summed E-state index contributed by atoms with van der Waals surface area (Å²) in [6, 6.07) is 19.8. The Morgan fingerprint density at radius 2 is 1.76 bits per heavy atom. The molecular formula is C23H24O2. The summed E-state index contributed by atoms with van der Waals surface area (Å²) < 4.78 is 13.5. The van der Waals surface area contributed by atoms with E-state index in [4.69, 9.17) is 9.47 Å². The van der Waals surface area contributed by atoms with E-state index in [-0.39, 0.29) is 17.3 Å². The highest BCUT2D eigenvalue weighted by atomic mass is 16.5. The lowest BCUT2D eigenvalue weighted by atomic mass is 9.69. The fourth-order valence-electron chi connectivity index (χ4n) is 6.44. The molecule has 3 fully saturated rings. The van der Waals surface area contributed by atoms with Crippen LogP contribution in [-0.4, -0.2) is 12.2 Å². The lowest BCUT2D eigenvalue weighted by Crippen LogP contribution is -2.50. The molecule has 3 heterocycles. The summed E-state index contributed by atoms with van der Waals surface area (Å²) in [7, 11) is 0. The van der Waals surface area contributed by atoms with Gasteiger partial charge in [-0.25, -0.2) is 0 Å². The quantitative estimate of drug-likeness (QED) is 0.723. The molecular weight excluding hydrogens is 308 g/mol. The molecule has 0 unspecified atom stereocenters. The third kappa shape index (κ3) is 1.77. The maximum absolute atomic E-state index is 7.10. The summed E-state index contributed by atoms with van der Waals surface area (Å²) in [4.78, 5) is 0. The average Bonchev–Trinajstić information content (AvgIpc) is 3.15. The maximum atomic E-state index is 7.10. The Hall–Kier alpha value is -1.64. The molecule has 2 aromatic carbocycles. The summed E-state index contributed by atoms with van der Waals surface area (Å²) in [5, 5.41) is 0. The minimum absolute atomic E-state index is 0.00826. The van der Waals surface area contributed by atoms with Crippen LogP contribution in [0.15, 0.2) is 54.6 Å². The lowest BCUT2D eigenvalue weighted by Gasteiger charge is -2.51. The number of ether oxygens (including phenoxy) is 2. The normalized spacial score (nSPS) is 41.0. The van der Waals surface area contributed by atoms with Gasteiger partial charge in [0.15, 0.2) is 0 Å². The second-order valence-corrected chi connectivity index (χ2v) is 8.37. The van der Waals surface area contributed by atoms with Crippen molar-refractivity contribution in [3.63, 3.8) is 0 Å². The van der Waals surface area contributed by atoms with Crippen LogP contribution in [0.25, 0.3) is 0 Å². The van der Waals surface area contributed by atoms with Crippen molar-refractivity contribution in [3.8, 4) is 0 Å². The third-order valence-corrected chi connectivity index (χ3v) is 7.31. The van der Waals surface area contributed by atoms with Gasteiger partial charge in [-0.3, -0.25) is 0 Å². The van der Waals surface area contributed by atoms with E-state index in [1.165, 1.54) is 42.4 Å². The van der Waals surface area contributed by atoms with Crippen molar-refractivity contribution in [1.82, 2.24) is 0 Å². The van der Waals surface area contributed by atoms with Gasteiger partial charge in [0, 0.05) is 12.3 Å². The predicted molar refractivity (Wildman–Crippen MR) is 96.4 cm³/mol. The molecule has 2 heteroatoms. The largest absolute Gasteiger partial charge is 0.373 e. The molecule has 128 valence electrons. The van der Waals surface area contributed by atoms with Crippen molar-refractivity contribution < 1.29 is 9.47 Å². The van der Waals surface area contributed by atoms with E-state index in [1.54, 1.807) is 0 Å². The molecule has 3 aliphatic heterocycles. The summed E-state index contributed by atoms with van der Waals surface area (Å²) in [5.74, 6) is 1.00. The molecule has 2 aromatic rings. The summed E-state index contributed by atoms with van der Waals surface area (Å²) >= 11 is 0. The number of benzene rings is 2. The van der Waals surface area contributed by atoms with Crippen LogP contribution in [0.3, 0.4) is 0 Å². The monoisotopic (exact) mass is 332 g/mol. The van der Waals surface area contributed by atoms with Crippen molar-refractivity contribution in [2.45, 2.75) is 55.3 Å². The molecule has 0 N–H and O–H groups in total. The number of fused-ring (bicyclic) bond motifs is 2. The predicted octanol–water partition coefficient (Wildman–Crippen LogP) is 5.10. The molecule has 0 radical (unpaired) electrons. The Balaban J connectivity index is 1.57. The van der Waals surface area contributed by atoms with E-state index in [1.807, 2.05) is 0 Å². The Labute approximate surface area is 149 Å². The van der Waals surface area contributed by atoms with Gasteiger partial charge in [0.05, 0.1) is 23.9 Å². The van der Waals surface area contributed by atoms with Gasteiger partial charge in [0.2, 0.25) is 0 Å². The molecule has 0 aromatic heterocycles. The number of hydrogen-bond acceptors (Lipinski definition) is 2. The van der Waals surface area contributed by atoms with Crippen LogP contribution in [0.5, 0.6) is 0 Å². The van der Waals surface area contributed by atoms with Gasteiger partial charge < -0.3 is 9.47 Å². The van der Waals surface area contributed by atoms with Crippen LogP contribution in [0.1, 0.15) is 60.8 Å². The van der Waals surface area contributed by atoms with Crippen LogP contribution >= 0.6 is 0 Å². The first-order valence-electron chi connectivity index (χ1n) is 9.79. The van der Waals surface area contributed by atoms with Gasteiger partial charge in [-0.1, -0.05) is 54.6 Å². The molecule has 1 aliphatic carbocycles. The molecule has 1 saturated carbocycles. The van der Waals surface area contributed by atoms with Crippen molar-refractivity contribution in [2.24, 2.45) is 5.92 Å². The van der Waals surface area contributed by atoms with Crippen molar-refractivity contribution in [2.75, 3.05) is 6.61 Å². The minimum atomic E-state index is -0.0296. The SMILES string of the molecule is c1ccc([C@@H]2OCC[C@@]34C[C@H]5CCC[C@]5(O3)c3ccccc3[C@@H]24)cc1. The van der Waals surface area contributed by atoms with Gasteiger partial charge in [-0.05, 0) is 48.3 Å². The smallest absolute Gasteiger partial charge is 0.0971 e. The van der Waals surface area contributed by atoms with Crippen LogP contribution in [0, 0.1) is 5.92 Å². The first kappa shape index (κ1) is 14.5. The van der Waals surface area contributed by atoms with Crippen LogP contribution in [-0.2, 0) is 15.1 Å². The summed E-state index contributed by atoms with van der Waals surface area (Å²) in [6.07, 6.45) is 6.16. The molecule has 2 nitrogen and oxygen atoms in total. The summed E-state index contributed by atoms with van der Waals surface area (Å²) in [5.41, 5.74) is 4.20. The standard InChI is InChI=1S/C23H24O2/c1-2-7-16(8-3-1)21-20-18-10-4-5-11-19(18)23-12-6-9-17(23)15-22(20,25-23)13-14-24-21/h1-5,7-8,10-11,17,20-21H,6,9,12-15H2/t17-,20+,21+,22+,23-/m1/s1. The highest BCUT2D eigenvalue weighted by Crippen LogP contribution is 2.69. The van der Waals surface area contributed by atoms with Crippen LogP contribution in [0.4, 0.5) is 0 Å². The van der Waals surface area contributed by atoms with Gasteiger partial charge in [-0.15, -0.1) is 0 Å². The number of hydrogen-bond donors (Lipinski definition) is 0. The lowest BCUT2D eigenvalue weighted by molar-refractivity contribution is -0.196. The zero-order valence-corrected chi connectivity index (χ0v) is 14.5. The molecule has 2 saturated heterocycles. The zero-order chi connectivity index (χ0) is 16.5. The van der Waals surface area contributed by atoms with Gasteiger partial charge in [0.25, 0.3) is 0 Å². The molecule has 2 spiro atoms. The third-order valence-electron chi connectivity index (χ3n) is 7.31. The molecule has 2 bridgehead atoms. The molecule has 5 atom stereocenters. The topological polar surface area (TPSA) is 18.5 Å². The van der Waals surface area contributed by atoms with E-state index in [2.05, 4.69) is 54.6 Å². The van der Waals surface area contributed by atoms with Crippen molar-refractivity contribution >= 4 is 0 Å². The first-order chi connectivity index (χ1) is 12.3. The van der Waals surface area contributed by atoms with Crippen LogP contribution in [0.2, 0.25) is 0 Å². The van der Waals surface area contributed by atoms with E-state index in [9.17, 15) is 0 Å². The molecule has 0 amide bonds. The second kappa shape index (κ2) is 4.96. The fraction of sp³-hybridized carbons (Fsp3) is 0.478. The van der Waals surface area contributed by atoms with Gasteiger partial charge >= 0.3 is 0 Å². The first-order valence-corrected chi connectivity index (χ1v) is 9.79. The number of rotatable bonds is 1. The fourth-order valence-corrected chi connectivity index (χ4v) is 6.44. The second-order valence-electron chi connectivity index (χ2n) is 8.37. The molecule has 4 aliphatic rings. The van der Waals surface area contributed by atoms with E-state index in [0.29, 0.717) is 11.8 Å². The minimum Gasteiger partial charge on any atom is -0.373 e. The molecule has 6 rings (SSSR count). The Bertz CT molecular complexity index is 816. The Kier molecular flexibility index (Phi) is 2.88. The van der Waals surface area contributed by atoms with E-state index in [0.717, 1.165) is 13.0 Å². The average molecular weight is 332 g/mol. The van der Waals surface area contributed by atoms with Gasteiger partial charge in [-0.2, -0.15) is 0 Å². The Morgan fingerprint density at radius 1 is 0.920 bits per heavy atom. The zero-order valence-electron chi connectivity index (χ0n) is 14.5. The Morgan fingerprint density at radius 3 is 2.68 bits per heavy atom. The van der Waals surface area contributed by atoms with E-state index < -0.39 is 0 Å². The maximum Gasteiger partial charge on any atom is 0.0971 e. The highest BCUT2D eigenvalue weighted by molar-refractivity contribution is 5.46. The van der Waals surface area contributed by atoms with E-state index >= 15 is 0 Å².